The smallest absolute Gasteiger partial charge is 0.323 e. The van der Waals surface area contributed by atoms with Gasteiger partial charge in [-0.2, -0.15) is 0 Å². The summed E-state index contributed by atoms with van der Waals surface area (Å²) in [6.07, 6.45) is 3.11. The van der Waals surface area contributed by atoms with Crippen LogP contribution in [0.3, 0.4) is 0 Å². The molecule has 0 unspecified atom stereocenters. The molecular weight excluding hydrogens is 190 g/mol. The molecule has 1 aliphatic rings. The van der Waals surface area contributed by atoms with E-state index in [9.17, 15) is 4.79 Å². The van der Waals surface area contributed by atoms with Crippen LogP contribution in [0.4, 0.5) is 0 Å². The molecule has 0 saturated heterocycles. The summed E-state index contributed by atoms with van der Waals surface area (Å²) in [5, 5.41) is 0. The number of hydrogen-bond donors (Lipinski definition) is 3. The minimum absolute atomic E-state index is 0.0181. The second-order valence-electron chi connectivity index (χ2n) is 4.50. The van der Waals surface area contributed by atoms with Gasteiger partial charge in [-0.15, -0.1) is 0 Å². The lowest BCUT2D eigenvalue weighted by molar-refractivity contribution is 0.672. The van der Waals surface area contributed by atoms with Crippen LogP contribution in [0.15, 0.2) is 23.0 Å². The van der Waals surface area contributed by atoms with Gasteiger partial charge in [-0.3, -0.25) is 0 Å². The van der Waals surface area contributed by atoms with Crippen molar-refractivity contribution < 1.29 is 0 Å². The van der Waals surface area contributed by atoms with Crippen molar-refractivity contribution in [2.75, 3.05) is 0 Å². The first kappa shape index (κ1) is 8.73. The molecule has 0 atom stereocenters. The monoisotopic (exact) mass is 203 g/mol. The lowest BCUT2D eigenvalue weighted by Gasteiger charge is -2.07. The fourth-order valence-corrected chi connectivity index (χ4v) is 1.93. The van der Waals surface area contributed by atoms with Gasteiger partial charge in [-0.05, 0) is 37.0 Å². The van der Waals surface area contributed by atoms with Crippen molar-refractivity contribution in [1.29, 1.82) is 0 Å². The first-order chi connectivity index (χ1) is 7.15. The summed E-state index contributed by atoms with van der Waals surface area (Å²) in [7, 11) is 0. The van der Waals surface area contributed by atoms with E-state index in [1.165, 1.54) is 5.56 Å². The van der Waals surface area contributed by atoms with Crippen LogP contribution in [-0.4, -0.2) is 15.5 Å². The van der Waals surface area contributed by atoms with Gasteiger partial charge in [0.2, 0.25) is 0 Å². The van der Waals surface area contributed by atoms with Crippen molar-refractivity contribution in [2.24, 2.45) is 5.73 Å². The normalized spacial score (nSPS) is 18.2. The molecule has 1 aromatic carbocycles. The third-order valence-electron chi connectivity index (χ3n) is 3.03. The third kappa shape index (κ3) is 1.57. The Balaban J connectivity index is 2.01. The van der Waals surface area contributed by atoms with Gasteiger partial charge in [-0.25, -0.2) is 4.79 Å². The van der Waals surface area contributed by atoms with Crippen molar-refractivity contribution in [1.82, 2.24) is 9.97 Å². The highest BCUT2D eigenvalue weighted by molar-refractivity contribution is 5.75. The predicted molar refractivity (Wildman–Crippen MR) is 58.8 cm³/mol. The van der Waals surface area contributed by atoms with E-state index < -0.39 is 0 Å². The van der Waals surface area contributed by atoms with Gasteiger partial charge < -0.3 is 15.7 Å². The molecule has 0 bridgehead atoms. The quantitative estimate of drug-likeness (QED) is 0.678. The van der Waals surface area contributed by atoms with Crippen LogP contribution in [-0.2, 0) is 6.42 Å². The van der Waals surface area contributed by atoms with Gasteiger partial charge in [-0.1, -0.05) is 6.07 Å². The van der Waals surface area contributed by atoms with E-state index >= 15 is 0 Å². The standard InChI is InChI=1S/C11H13N3O/c12-11(3-4-11)6-7-1-2-8-9(5-7)14-10(15)13-8/h1-2,5H,3-4,6,12H2,(H2,13,14,15). The minimum Gasteiger partial charge on any atom is -0.325 e. The number of hydrogen-bond acceptors (Lipinski definition) is 2. The van der Waals surface area contributed by atoms with Crippen molar-refractivity contribution in [3.05, 3.63) is 34.2 Å². The largest absolute Gasteiger partial charge is 0.325 e. The summed E-state index contributed by atoms with van der Waals surface area (Å²) in [6.45, 7) is 0. The zero-order chi connectivity index (χ0) is 10.5. The molecule has 1 aromatic heterocycles. The van der Waals surface area contributed by atoms with Crippen LogP contribution in [0, 0.1) is 0 Å². The molecule has 78 valence electrons. The van der Waals surface area contributed by atoms with Crippen LogP contribution in [0.5, 0.6) is 0 Å². The van der Waals surface area contributed by atoms with Crippen molar-refractivity contribution in [3.63, 3.8) is 0 Å². The summed E-state index contributed by atoms with van der Waals surface area (Å²) in [5.74, 6) is 0. The molecule has 1 saturated carbocycles. The summed E-state index contributed by atoms with van der Waals surface area (Å²) < 4.78 is 0. The van der Waals surface area contributed by atoms with Crippen LogP contribution >= 0.6 is 0 Å². The predicted octanol–water partition coefficient (Wildman–Crippen LogP) is 0.890. The van der Waals surface area contributed by atoms with Gasteiger partial charge in [0, 0.05) is 5.54 Å². The SMILES string of the molecule is NC1(Cc2ccc3[nH]c(=O)[nH]c3c2)CC1. The topological polar surface area (TPSA) is 74.7 Å². The molecular formula is C11H13N3O. The number of H-pyrrole nitrogens is 2. The fraction of sp³-hybridized carbons (Fsp3) is 0.364. The summed E-state index contributed by atoms with van der Waals surface area (Å²) >= 11 is 0. The molecule has 4 heteroatoms. The fourth-order valence-electron chi connectivity index (χ4n) is 1.93. The van der Waals surface area contributed by atoms with E-state index in [1.807, 2.05) is 18.2 Å². The second kappa shape index (κ2) is 2.73. The molecule has 0 amide bonds. The Bertz CT molecular complexity index is 562. The number of nitrogens with two attached hydrogens (primary N) is 1. The maximum absolute atomic E-state index is 11.1. The van der Waals surface area contributed by atoms with Gasteiger partial charge in [0.25, 0.3) is 0 Å². The first-order valence-electron chi connectivity index (χ1n) is 5.15. The Morgan fingerprint density at radius 1 is 1.27 bits per heavy atom. The van der Waals surface area contributed by atoms with Crippen molar-refractivity contribution in [2.45, 2.75) is 24.8 Å². The maximum atomic E-state index is 11.1. The van der Waals surface area contributed by atoms with Crippen molar-refractivity contribution in [3.8, 4) is 0 Å². The van der Waals surface area contributed by atoms with E-state index in [0.717, 1.165) is 30.3 Å². The molecule has 0 spiro atoms. The number of benzene rings is 1. The summed E-state index contributed by atoms with van der Waals surface area (Å²) in [5.41, 5.74) is 8.82. The highest BCUT2D eigenvalue weighted by atomic mass is 16.1. The Kier molecular flexibility index (Phi) is 1.59. The highest BCUT2D eigenvalue weighted by Crippen LogP contribution is 2.35. The van der Waals surface area contributed by atoms with Gasteiger partial charge in [0.1, 0.15) is 0 Å². The van der Waals surface area contributed by atoms with E-state index in [1.54, 1.807) is 0 Å². The number of imidazole rings is 1. The molecule has 15 heavy (non-hydrogen) atoms. The second-order valence-corrected chi connectivity index (χ2v) is 4.50. The number of aromatic nitrogens is 2. The zero-order valence-electron chi connectivity index (χ0n) is 8.34. The number of aromatic amines is 2. The van der Waals surface area contributed by atoms with Crippen molar-refractivity contribution >= 4 is 11.0 Å². The zero-order valence-corrected chi connectivity index (χ0v) is 8.34. The van der Waals surface area contributed by atoms with E-state index in [0.29, 0.717) is 0 Å². The molecule has 0 radical (unpaired) electrons. The Morgan fingerprint density at radius 3 is 2.73 bits per heavy atom. The Labute approximate surface area is 86.5 Å². The molecule has 0 aliphatic heterocycles. The molecule has 1 aliphatic carbocycles. The molecule has 4 nitrogen and oxygen atoms in total. The third-order valence-corrected chi connectivity index (χ3v) is 3.03. The molecule has 3 rings (SSSR count). The van der Waals surface area contributed by atoms with E-state index in [-0.39, 0.29) is 11.2 Å². The first-order valence-corrected chi connectivity index (χ1v) is 5.15. The Hall–Kier alpha value is -1.55. The van der Waals surface area contributed by atoms with Crippen LogP contribution in [0.1, 0.15) is 18.4 Å². The highest BCUT2D eigenvalue weighted by Gasteiger charge is 2.37. The molecule has 1 fully saturated rings. The minimum atomic E-state index is -0.156. The average molecular weight is 203 g/mol. The van der Waals surface area contributed by atoms with Crippen LogP contribution in [0.25, 0.3) is 11.0 Å². The molecule has 1 heterocycles. The number of fused-ring (bicyclic) bond motifs is 1. The van der Waals surface area contributed by atoms with Gasteiger partial charge >= 0.3 is 5.69 Å². The number of nitrogens with one attached hydrogen (secondary N) is 2. The summed E-state index contributed by atoms with van der Waals surface area (Å²) in [4.78, 5) is 16.5. The average Bonchev–Trinajstić information content (AvgIpc) is 2.76. The Morgan fingerprint density at radius 2 is 2.00 bits per heavy atom. The summed E-state index contributed by atoms with van der Waals surface area (Å²) in [6, 6.07) is 5.95. The molecule has 2 aromatic rings. The molecule has 4 N–H and O–H groups in total. The van der Waals surface area contributed by atoms with E-state index in [2.05, 4.69) is 9.97 Å². The lowest BCUT2D eigenvalue weighted by Crippen LogP contribution is -2.24. The lowest BCUT2D eigenvalue weighted by atomic mass is 10.0. The van der Waals surface area contributed by atoms with Gasteiger partial charge in [0.05, 0.1) is 11.0 Å². The maximum Gasteiger partial charge on any atom is 0.323 e. The van der Waals surface area contributed by atoms with E-state index in [4.69, 9.17) is 5.73 Å². The van der Waals surface area contributed by atoms with Crippen LogP contribution in [0.2, 0.25) is 0 Å². The van der Waals surface area contributed by atoms with Crippen LogP contribution < -0.4 is 11.4 Å². The number of rotatable bonds is 2. The van der Waals surface area contributed by atoms with Gasteiger partial charge in [0.15, 0.2) is 0 Å².